The Morgan fingerprint density at radius 3 is 2.36 bits per heavy atom. The van der Waals surface area contributed by atoms with E-state index >= 15 is 0 Å². The maximum Gasteiger partial charge on any atom is 0.492 e. The number of amides is 1. The molecular weight excluding hydrogens is 357 g/mol. The molecule has 0 unspecified atom stereocenters. The number of hydrogen-bond donors (Lipinski definition) is 2. The summed E-state index contributed by atoms with van der Waals surface area (Å²) in [5, 5.41) is 2.76. The summed E-state index contributed by atoms with van der Waals surface area (Å²) in [6, 6.07) is 1.85. The zero-order valence-corrected chi connectivity index (χ0v) is 18.2. The molecule has 28 heavy (non-hydrogen) atoms. The van der Waals surface area contributed by atoms with Crippen molar-refractivity contribution in [2.45, 2.75) is 72.2 Å². The molecule has 1 aliphatic rings. The number of pyridine rings is 1. The van der Waals surface area contributed by atoms with Crippen LogP contribution < -0.4 is 11.1 Å². The van der Waals surface area contributed by atoms with E-state index in [9.17, 15) is 4.79 Å². The van der Waals surface area contributed by atoms with Crippen LogP contribution in [0.3, 0.4) is 0 Å². The molecule has 0 aromatic carbocycles. The van der Waals surface area contributed by atoms with Gasteiger partial charge in [-0.1, -0.05) is 0 Å². The molecule has 154 valence electrons. The van der Waals surface area contributed by atoms with Crippen molar-refractivity contribution in [3.63, 3.8) is 0 Å². The van der Waals surface area contributed by atoms with Crippen molar-refractivity contribution in [3.05, 3.63) is 29.0 Å². The molecule has 0 bridgehead atoms. The van der Waals surface area contributed by atoms with Gasteiger partial charge in [0, 0.05) is 12.7 Å². The van der Waals surface area contributed by atoms with Crippen molar-refractivity contribution >= 4 is 25.0 Å². The second kappa shape index (κ2) is 7.76. The molecular formula is C20H32BN3O4. The van der Waals surface area contributed by atoms with E-state index in [0.29, 0.717) is 16.9 Å². The van der Waals surface area contributed by atoms with E-state index in [4.69, 9.17) is 19.8 Å². The molecule has 3 N–H and O–H groups in total. The van der Waals surface area contributed by atoms with Crippen molar-refractivity contribution in [3.8, 4) is 0 Å². The normalized spacial score (nSPS) is 18.9. The van der Waals surface area contributed by atoms with Gasteiger partial charge in [0.1, 0.15) is 5.60 Å². The van der Waals surface area contributed by atoms with Gasteiger partial charge < -0.3 is 25.1 Å². The van der Waals surface area contributed by atoms with E-state index < -0.39 is 30.0 Å². The van der Waals surface area contributed by atoms with Crippen molar-refractivity contribution in [2.75, 3.05) is 12.3 Å². The van der Waals surface area contributed by atoms with E-state index in [1.165, 1.54) is 0 Å². The Kier molecular flexibility index (Phi) is 6.16. The smallest absolute Gasteiger partial charge is 0.444 e. The van der Waals surface area contributed by atoms with Crippen LogP contribution >= 0.6 is 0 Å². The second-order valence-corrected chi connectivity index (χ2v) is 9.15. The molecule has 1 aromatic rings. The van der Waals surface area contributed by atoms with Crippen LogP contribution in [0.5, 0.6) is 0 Å². The fourth-order valence-electron chi connectivity index (χ4n) is 2.58. The third-order valence-corrected chi connectivity index (χ3v) is 4.80. The summed E-state index contributed by atoms with van der Waals surface area (Å²) in [6.45, 7) is 15.5. The molecule has 0 atom stereocenters. The average Bonchev–Trinajstić information content (AvgIpc) is 2.71. The van der Waals surface area contributed by atoms with Crippen LogP contribution in [-0.2, 0) is 14.0 Å². The molecule has 2 heterocycles. The molecule has 8 heteroatoms. The fraction of sp³-hybridized carbons (Fsp3) is 0.600. The number of nitrogens with zero attached hydrogens (tertiary/aromatic N) is 1. The summed E-state index contributed by atoms with van der Waals surface area (Å²) in [7, 11) is -0.637. The molecule has 0 radical (unpaired) electrons. The Bertz CT molecular complexity index is 753. The number of aryl methyl sites for hydroxylation is 1. The Hall–Kier alpha value is -2.06. The lowest BCUT2D eigenvalue weighted by atomic mass is 9.77. The maximum atomic E-state index is 12.1. The number of hydrogen-bond acceptors (Lipinski definition) is 6. The molecule has 1 aromatic heterocycles. The largest absolute Gasteiger partial charge is 0.492 e. The summed E-state index contributed by atoms with van der Waals surface area (Å²) in [5.74, 6) is 0. The number of carbonyl (C=O) groups is 1. The van der Waals surface area contributed by atoms with Gasteiger partial charge in [0.15, 0.2) is 0 Å². The van der Waals surface area contributed by atoms with Gasteiger partial charge >= 0.3 is 13.2 Å². The molecule has 0 saturated carbocycles. The molecule has 1 fully saturated rings. The number of rotatable bonds is 4. The Morgan fingerprint density at radius 2 is 1.86 bits per heavy atom. The first-order chi connectivity index (χ1) is 12.7. The van der Waals surface area contributed by atoms with E-state index in [1.54, 1.807) is 12.3 Å². The summed E-state index contributed by atoms with van der Waals surface area (Å²) in [5.41, 5.74) is 7.34. The van der Waals surface area contributed by atoms with Gasteiger partial charge in [0.05, 0.1) is 22.6 Å². The van der Waals surface area contributed by atoms with Gasteiger partial charge in [0.2, 0.25) is 0 Å². The third-order valence-electron chi connectivity index (χ3n) is 4.80. The second-order valence-electron chi connectivity index (χ2n) is 9.15. The quantitative estimate of drug-likeness (QED) is 0.765. The molecule has 1 saturated heterocycles. The van der Waals surface area contributed by atoms with Crippen LogP contribution in [0.4, 0.5) is 10.5 Å². The Balaban J connectivity index is 2.28. The van der Waals surface area contributed by atoms with Crippen molar-refractivity contribution in [1.29, 1.82) is 0 Å². The Morgan fingerprint density at radius 1 is 1.29 bits per heavy atom. The lowest BCUT2D eigenvalue weighted by molar-refractivity contribution is 0.00578. The highest BCUT2D eigenvalue weighted by molar-refractivity contribution is 6.56. The Labute approximate surface area is 168 Å². The number of anilines is 1. The van der Waals surface area contributed by atoms with Crippen molar-refractivity contribution in [2.24, 2.45) is 0 Å². The van der Waals surface area contributed by atoms with E-state index in [-0.39, 0.29) is 6.54 Å². The highest BCUT2D eigenvalue weighted by Gasteiger charge is 2.52. The zero-order chi connectivity index (χ0) is 21.3. The van der Waals surface area contributed by atoms with Gasteiger partial charge in [-0.2, -0.15) is 0 Å². The number of ether oxygens (including phenoxy) is 1. The van der Waals surface area contributed by atoms with Crippen molar-refractivity contribution in [1.82, 2.24) is 10.3 Å². The van der Waals surface area contributed by atoms with E-state index in [2.05, 4.69) is 10.3 Å². The molecule has 0 aliphatic carbocycles. The number of alkyl carbamates (subject to hydrolysis) is 1. The van der Waals surface area contributed by atoms with Crippen LogP contribution in [0.2, 0.25) is 0 Å². The van der Waals surface area contributed by atoms with Crippen LogP contribution in [0.25, 0.3) is 6.08 Å². The number of nitrogens with one attached hydrogen (secondary N) is 1. The van der Waals surface area contributed by atoms with Gasteiger partial charge in [-0.05, 0) is 78.6 Å². The number of aromatic nitrogens is 1. The SMILES string of the molecule is Cc1cnc(C=C(CNC(=O)OC(C)(C)C)B2OC(C)(C)C(C)(C)O2)c(N)c1. The standard InChI is InChI=1S/C20H32BN3O4/c1-13-9-15(22)16(23-11-13)10-14(12-24-17(25)26-18(2,3)4)21-27-19(5,6)20(7,8)28-21/h9-11H,12,22H2,1-8H3,(H,24,25). The summed E-state index contributed by atoms with van der Waals surface area (Å²) >= 11 is 0. The van der Waals surface area contributed by atoms with Gasteiger partial charge in [-0.25, -0.2) is 4.79 Å². The number of nitrogens with two attached hydrogens (primary N) is 1. The van der Waals surface area contributed by atoms with Crippen LogP contribution in [-0.4, -0.2) is 41.5 Å². The summed E-state index contributed by atoms with van der Waals surface area (Å²) in [4.78, 5) is 16.5. The summed E-state index contributed by atoms with van der Waals surface area (Å²) in [6.07, 6.45) is 3.03. The minimum atomic E-state index is -0.637. The monoisotopic (exact) mass is 389 g/mol. The number of nitrogen functional groups attached to an aromatic ring is 1. The first-order valence-corrected chi connectivity index (χ1v) is 9.45. The highest BCUT2D eigenvalue weighted by atomic mass is 16.7. The molecule has 1 aliphatic heterocycles. The highest BCUT2D eigenvalue weighted by Crippen LogP contribution is 2.38. The predicted molar refractivity (Wildman–Crippen MR) is 112 cm³/mol. The molecule has 1 amide bonds. The number of carbonyl (C=O) groups excluding carboxylic acids is 1. The topological polar surface area (TPSA) is 95.7 Å². The van der Waals surface area contributed by atoms with Gasteiger partial charge in [-0.3, -0.25) is 4.98 Å². The summed E-state index contributed by atoms with van der Waals surface area (Å²) < 4.78 is 17.6. The fourth-order valence-corrected chi connectivity index (χ4v) is 2.58. The van der Waals surface area contributed by atoms with Crippen molar-refractivity contribution < 1.29 is 18.8 Å². The van der Waals surface area contributed by atoms with E-state index in [0.717, 1.165) is 5.56 Å². The lowest BCUT2D eigenvalue weighted by Gasteiger charge is -2.32. The molecule has 0 spiro atoms. The van der Waals surface area contributed by atoms with Crippen LogP contribution in [0.15, 0.2) is 17.7 Å². The molecule has 2 rings (SSSR count). The van der Waals surface area contributed by atoms with Crippen LogP contribution in [0.1, 0.15) is 59.7 Å². The minimum Gasteiger partial charge on any atom is -0.444 e. The minimum absolute atomic E-state index is 0.181. The van der Waals surface area contributed by atoms with Crippen LogP contribution in [0, 0.1) is 6.92 Å². The predicted octanol–water partition coefficient (Wildman–Crippen LogP) is 3.51. The first kappa shape index (κ1) is 22.2. The third kappa shape index (κ3) is 5.48. The zero-order valence-electron chi connectivity index (χ0n) is 18.2. The van der Waals surface area contributed by atoms with E-state index in [1.807, 2.05) is 61.5 Å². The van der Waals surface area contributed by atoms with Gasteiger partial charge in [0.25, 0.3) is 0 Å². The average molecular weight is 389 g/mol. The maximum absolute atomic E-state index is 12.1. The molecule has 7 nitrogen and oxygen atoms in total. The first-order valence-electron chi connectivity index (χ1n) is 9.45. The lowest BCUT2D eigenvalue weighted by Crippen LogP contribution is -2.41. The van der Waals surface area contributed by atoms with Gasteiger partial charge in [-0.15, -0.1) is 0 Å².